The van der Waals surface area contributed by atoms with Crippen LogP contribution in [0.4, 0.5) is 14.4 Å². The molecule has 3 amide bonds. The molecule has 16 rings (SSSR count). The molecule has 0 radical (unpaired) electrons. The number of ether oxygens (including phenoxy) is 4. The molecule has 3 N–H and O–H groups in total. The minimum Gasteiger partial charge on any atom is -0.577 e. The molecule has 0 unspecified atom stereocenters. The number of hydrogen-bond donors (Lipinski definition) is 3. The van der Waals surface area contributed by atoms with Crippen LogP contribution in [0.15, 0.2) is 134 Å². The van der Waals surface area contributed by atoms with Crippen molar-refractivity contribution in [2.24, 2.45) is 29.1 Å². The summed E-state index contributed by atoms with van der Waals surface area (Å²) < 4.78 is 20.8. The Morgan fingerprint density at radius 2 is 0.655 bits per heavy atom. The predicted octanol–water partition coefficient (Wildman–Crippen LogP) is 14.8. The second-order valence-electron chi connectivity index (χ2n) is 35.1. The third-order valence-electron chi connectivity index (χ3n) is 27.1. The van der Waals surface area contributed by atoms with Gasteiger partial charge in [0.2, 0.25) is 0 Å². The second kappa shape index (κ2) is 49.1. The summed E-state index contributed by atoms with van der Waals surface area (Å²) in [7, 11) is 0. The fourth-order valence-electron chi connectivity index (χ4n) is 20.8. The first-order chi connectivity index (χ1) is 52.6. The molecule has 8 fully saturated rings. The maximum atomic E-state index is 11.6. The van der Waals surface area contributed by atoms with Crippen molar-refractivity contribution >= 4 is 44.0 Å². The van der Waals surface area contributed by atoms with Gasteiger partial charge in [-0.25, -0.2) is 14.4 Å². The molecule has 600 valence electrons. The average Bonchev–Trinajstić information content (AvgIpc) is 1.67. The van der Waals surface area contributed by atoms with E-state index in [2.05, 4.69) is 179 Å². The van der Waals surface area contributed by atoms with Crippen LogP contribution in [0, 0.1) is 29.1 Å². The molecule has 4 saturated heterocycles. The number of amides is 3. The number of allylic oxidation sites excluding steroid dienone is 9. The van der Waals surface area contributed by atoms with Gasteiger partial charge in [0.1, 0.15) is 19.8 Å². The summed E-state index contributed by atoms with van der Waals surface area (Å²) in [6, 6.07) is 28.8. The third kappa shape index (κ3) is 28.1. The van der Waals surface area contributed by atoms with Crippen LogP contribution in [-0.4, -0.2) is 67.3 Å². The molecule has 0 bridgehead atoms. The maximum Gasteiger partial charge on any atom is 1.00 e. The molecule has 4 aromatic rings. The summed E-state index contributed by atoms with van der Waals surface area (Å²) in [5.74, 6) is 5.65. The van der Waals surface area contributed by atoms with Crippen LogP contribution in [0.3, 0.4) is 0 Å². The number of rotatable bonds is 21. The van der Waals surface area contributed by atoms with Crippen LogP contribution in [-0.2, 0) is 75.1 Å². The van der Waals surface area contributed by atoms with Crippen molar-refractivity contribution in [1.29, 1.82) is 0 Å². The molecule has 12 aliphatic rings. The first kappa shape index (κ1) is 98.7. The van der Waals surface area contributed by atoms with Gasteiger partial charge in [0.25, 0.3) is 0 Å². The largest absolute Gasteiger partial charge is 1.00 e. The van der Waals surface area contributed by atoms with Crippen molar-refractivity contribution in [3.05, 3.63) is 201 Å². The molecule has 4 aliphatic heterocycles. The van der Waals surface area contributed by atoms with E-state index in [1.54, 1.807) is 44.5 Å². The number of hydrogen-bond acceptors (Lipinski definition) is 8. The van der Waals surface area contributed by atoms with Gasteiger partial charge in [-0.1, -0.05) is 162 Å². The van der Waals surface area contributed by atoms with Gasteiger partial charge in [0.15, 0.2) is 0 Å². The van der Waals surface area contributed by atoms with Crippen LogP contribution in [0.5, 0.6) is 0 Å². The average molecular weight is 1650 g/mol. The molecule has 113 heavy (non-hydrogen) atoms. The van der Waals surface area contributed by atoms with Crippen LogP contribution in [0.1, 0.15) is 318 Å². The molecule has 4 heterocycles. The Kier molecular flexibility index (Phi) is 42.9. The van der Waals surface area contributed by atoms with Gasteiger partial charge in [-0.2, -0.15) is 0 Å². The summed E-state index contributed by atoms with van der Waals surface area (Å²) in [6.45, 7) is 17.0. The fourth-order valence-corrected chi connectivity index (χ4v) is 20.8. The minimum atomic E-state index is -0.244. The normalized spacial score (nSPS) is 28.4. The quantitative estimate of drug-likeness (QED) is 0.0246. The maximum absolute atomic E-state index is 11.6. The Hall–Kier alpha value is -1.37. The number of esters is 1. The molecular formula is C97H137K3N3O8P2+. The van der Waals surface area contributed by atoms with E-state index in [1.165, 1.54) is 164 Å². The Bertz CT molecular complexity index is 3550. The van der Waals surface area contributed by atoms with Gasteiger partial charge in [0.05, 0.1) is 29.6 Å². The van der Waals surface area contributed by atoms with Gasteiger partial charge in [-0.3, -0.25) is 4.79 Å². The zero-order chi connectivity index (χ0) is 75.4. The van der Waals surface area contributed by atoms with E-state index in [0.29, 0.717) is 56.5 Å². The molecule has 4 spiro atoms. The second-order valence-corrected chi connectivity index (χ2v) is 35.1. The number of nitrogens with one attached hydrogen (secondary N) is 3. The van der Waals surface area contributed by atoms with E-state index in [9.17, 15) is 19.2 Å². The van der Waals surface area contributed by atoms with Crippen LogP contribution < -0.4 is 170 Å². The predicted molar refractivity (Wildman–Crippen MR) is 458 cm³/mol. The molecule has 8 aliphatic carbocycles. The standard InChI is InChI=1S/C24H32O2.2C23H31NO2.C21H27NO2.C6H12.3K.2H2P/c1-2-3-4-5-6-18-7-8-20-14-21(10-9-19(20)13-18)22-11-12-24(15-22)16-23(25)26-17-24;2*1-2-3-4-5-6-17-7-8-19-14-20(10-9-18(19)13-17)21-11-12-23(15-21)16-26-22(25)24-23;1-2-3-4-15-5-6-17-12-18(8-7-16(17)11-15)19-9-10-21(13-19)14-24-20(23)22-21;1-3-5-6-4-2;;;;;/h3-4,9-10,14,18,22H,2,5-8,11-13,15-17H2,1H3;2*3-4,9-10,14,17,21H,2,5-8,11-13,15-16H2,1H3,(H,24,25);2,7-8,12,15,19H,1,3-6,9-11,13-14H2,(H,22,23);5-6H,3-4H2,1-2H3;;;;2*1H2/q;;;;;3*+1;2*-1/b2*4-3+;4-3-;;6-5+;;;;;/t18-,22+,24+;2*17-,21+,23-;15-,19+,21-;;;;;;/m1111....../s1. The monoisotopic (exact) mass is 1650 g/mol. The Morgan fingerprint density at radius 3 is 0.929 bits per heavy atom. The third-order valence-corrected chi connectivity index (χ3v) is 27.1. The zero-order valence-corrected chi connectivity index (χ0v) is 82.7. The summed E-state index contributed by atoms with van der Waals surface area (Å²) in [4.78, 5) is 45.8. The number of carbonyl (C=O) groups excluding carboxylic acids is 4. The molecule has 16 heteroatoms. The molecule has 4 saturated carbocycles. The topological polar surface area (TPSA) is 141 Å². The van der Waals surface area contributed by atoms with Gasteiger partial charge >= 0.3 is 178 Å². The van der Waals surface area contributed by atoms with Crippen LogP contribution in [0.25, 0.3) is 0 Å². The molecular weight excluding hydrogens is 1510 g/mol. The Balaban J connectivity index is 0.000000201. The van der Waals surface area contributed by atoms with Gasteiger partial charge in [-0.05, 0) is 352 Å². The first-order valence-corrected chi connectivity index (χ1v) is 43.3. The number of cyclic esters (lactones) is 4. The van der Waals surface area contributed by atoms with Crippen molar-refractivity contribution in [2.75, 3.05) is 26.4 Å². The molecule has 4 aromatic carbocycles. The number of benzene rings is 4. The van der Waals surface area contributed by atoms with E-state index >= 15 is 0 Å². The van der Waals surface area contributed by atoms with E-state index in [1.807, 2.05) is 6.08 Å². The van der Waals surface area contributed by atoms with E-state index in [-0.39, 0.29) is 220 Å². The summed E-state index contributed by atoms with van der Waals surface area (Å²) in [5, 5.41) is 9.17. The SMILES string of the molecule is C=CCC[C@@H]1CCc2cc([C@H]3CC[C@]4(COC(=O)N4)C3)ccc2C1.CC/C=C/CC.CC/C=C/CC[C@@H]1CCc2cc([C@H]3CC[C@]4(COC(=O)C4)C3)ccc2C1.CC/C=C/CC[C@@H]1CCc2cc([C@H]3CC[C@]4(COC(=O)N4)C3)ccc2C1.CC/C=C\CC[C@@H]1CCc2cc([C@H]3CC[C@]4(COC(=O)N4)C3)ccc2C1.[K+].[K+].[K+].[PH2-].[PH2-]. The molecule has 12 atom stereocenters. The summed E-state index contributed by atoms with van der Waals surface area (Å²) >= 11 is 0. The van der Waals surface area contributed by atoms with Crippen molar-refractivity contribution in [2.45, 2.75) is 319 Å². The Morgan fingerprint density at radius 1 is 0.363 bits per heavy atom. The van der Waals surface area contributed by atoms with Gasteiger partial charge < -0.3 is 54.7 Å². The minimum absolute atomic E-state index is 0. The number of fused-ring (bicyclic) bond motifs is 4. The Labute approximate surface area is 816 Å². The smallest absolute Gasteiger partial charge is 0.577 e. The first-order valence-electron chi connectivity index (χ1n) is 43.3. The number of alkyl carbamates (subject to hydrolysis) is 3. The fraction of sp³-hybridized carbons (Fsp3) is 0.608. The van der Waals surface area contributed by atoms with Crippen LogP contribution in [0.2, 0.25) is 0 Å². The number of aryl methyl sites for hydroxylation is 4. The van der Waals surface area contributed by atoms with E-state index in [4.69, 9.17) is 18.9 Å². The van der Waals surface area contributed by atoms with Crippen molar-refractivity contribution in [1.82, 2.24) is 16.0 Å². The zero-order valence-electron chi connectivity index (χ0n) is 71.1. The van der Waals surface area contributed by atoms with Crippen LogP contribution >= 0.6 is 19.8 Å². The van der Waals surface area contributed by atoms with E-state index in [0.717, 1.165) is 120 Å². The number of carbonyl (C=O) groups is 4. The van der Waals surface area contributed by atoms with E-state index < -0.39 is 0 Å². The van der Waals surface area contributed by atoms with Crippen molar-refractivity contribution in [3.8, 4) is 0 Å². The van der Waals surface area contributed by atoms with Gasteiger partial charge in [0, 0.05) is 5.41 Å². The van der Waals surface area contributed by atoms with Gasteiger partial charge in [-0.15, -0.1) is 6.58 Å². The summed E-state index contributed by atoms with van der Waals surface area (Å²) in [5.41, 5.74) is 18.2. The summed E-state index contributed by atoms with van der Waals surface area (Å²) in [6.07, 6.45) is 64.4. The van der Waals surface area contributed by atoms with Crippen molar-refractivity contribution in [3.63, 3.8) is 0 Å². The molecule has 0 aromatic heterocycles. The molecule has 11 nitrogen and oxygen atoms in total. The van der Waals surface area contributed by atoms with Crippen molar-refractivity contribution < 1.29 is 192 Å².